The second-order valence-electron chi connectivity index (χ2n) is 6.15. The number of carbonyl (C=O) groups is 2. The molecule has 7 nitrogen and oxygen atoms in total. The summed E-state index contributed by atoms with van der Waals surface area (Å²) in [6.07, 6.45) is 1.08. The fraction of sp³-hybridized carbons (Fsp3) is 0.238. The molecule has 1 heterocycles. The van der Waals surface area contributed by atoms with Gasteiger partial charge in [0.2, 0.25) is 17.7 Å². The molecule has 0 aliphatic heterocycles. The maximum absolute atomic E-state index is 12.0. The predicted octanol–water partition coefficient (Wildman–Crippen LogP) is 3.41. The Morgan fingerprint density at radius 1 is 1.04 bits per heavy atom. The largest absolute Gasteiger partial charge is 0.497 e. The Morgan fingerprint density at radius 2 is 1.86 bits per heavy atom. The van der Waals surface area contributed by atoms with E-state index in [9.17, 15) is 9.59 Å². The zero-order valence-electron chi connectivity index (χ0n) is 15.6. The van der Waals surface area contributed by atoms with Crippen molar-refractivity contribution in [1.29, 1.82) is 0 Å². The number of ketones is 1. The van der Waals surface area contributed by atoms with Gasteiger partial charge in [-0.2, -0.15) is 0 Å². The summed E-state index contributed by atoms with van der Waals surface area (Å²) >= 11 is 0. The normalized spacial score (nSPS) is 10.5. The highest BCUT2D eigenvalue weighted by Crippen LogP contribution is 2.22. The number of rotatable bonds is 9. The minimum absolute atomic E-state index is 0.0354. The SMILES string of the molecule is COc1cccc(-c2nnc(CNC(=O)CCCC(=O)c3ccccc3)o2)c1. The van der Waals surface area contributed by atoms with Crippen LogP contribution in [0.1, 0.15) is 35.5 Å². The van der Waals surface area contributed by atoms with Crippen molar-refractivity contribution in [3.63, 3.8) is 0 Å². The number of hydrogen-bond acceptors (Lipinski definition) is 6. The molecule has 1 N–H and O–H groups in total. The van der Waals surface area contributed by atoms with E-state index in [1.807, 2.05) is 36.4 Å². The molecule has 144 valence electrons. The fourth-order valence-electron chi connectivity index (χ4n) is 2.64. The third-order valence-corrected chi connectivity index (χ3v) is 4.12. The van der Waals surface area contributed by atoms with Crippen molar-refractivity contribution in [2.45, 2.75) is 25.8 Å². The molecule has 0 fully saturated rings. The topological polar surface area (TPSA) is 94.3 Å². The molecule has 3 aromatic rings. The summed E-state index contributed by atoms with van der Waals surface area (Å²) in [5, 5.41) is 10.7. The lowest BCUT2D eigenvalue weighted by Crippen LogP contribution is -2.22. The van der Waals surface area contributed by atoms with Gasteiger partial charge in [0.1, 0.15) is 5.75 Å². The van der Waals surface area contributed by atoms with Crippen LogP contribution in [0.4, 0.5) is 0 Å². The van der Waals surface area contributed by atoms with Crippen LogP contribution >= 0.6 is 0 Å². The molecule has 0 radical (unpaired) electrons. The molecule has 0 unspecified atom stereocenters. The first-order valence-corrected chi connectivity index (χ1v) is 8.97. The standard InChI is InChI=1S/C21H21N3O4/c1-27-17-10-5-9-16(13-17)21-24-23-20(28-21)14-22-19(26)12-6-11-18(25)15-7-3-2-4-8-15/h2-5,7-10,13H,6,11-12,14H2,1H3,(H,22,26). The van der Waals surface area contributed by atoms with Crippen molar-refractivity contribution in [3.05, 3.63) is 66.1 Å². The maximum atomic E-state index is 12.0. The molecule has 0 aliphatic rings. The van der Waals surface area contributed by atoms with E-state index in [1.54, 1.807) is 25.3 Å². The maximum Gasteiger partial charge on any atom is 0.247 e. The smallest absolute Gasteiger partial charge is 0.247 e. The average molecular weight is 379 g/mol. The number of amides is 1. The minimum atomic E-state index is -0.165. The number of hydrogen-bond donors (Lipinski definition) is 1. The molecular weight excluding hydrogens is 358 g/mol. The number of aromatic nitrogens is 2. The van der Waals surface area contributed by atoms with Crippen LogP contribution < -0.4 is 10.1 Å². The van der Waals surface area contributed by atoms with Gasteiger partial charge in [0, 0.05) is 24.0 Å². The Labute approximate surface area is 162 Å². The third-order valence-electron chi connectivity index (χ3n) is 4.12. The summed E-state index contributed by atoms with van der Waals surface area (Å²) < 4.78 is 10.7. The number of nitrogens with zero attached hydrogens (tertiary/aromatic N) is 2. The van der Waals surface area contributed by atoms with Crippen LogP contribution in [-0.2, 0) is 11.3 Å². The summed E-state index contributed by atoms with van der Waals surface area (Å²) in [6, 6.07) is 16.3. The first-order chi connectivity index (χ1) is 13.7. The lowest BCUT2D eigenvalue weighted by Gasteiger charge is -2.03. The van der Waals surface area contributed by atoms with Gasteiger partial charge in [-0.05, 0) is 24.6 Å². The molecule has 0 aliphatic carbocycles. The van der Waals surface area contributed by atoms with Gasteiger partial charge in [0.25, 0.3) is 0 Å². The molecule has 0 saturated heterocycles. The third kappa shape index (κ3) is 5.26. The lowest BCUT2D eigenvalue weighted by molar-refractivity contribution is -0.121. The van der Waals surface area contributed by atoms with E-state index in [-0.39, 0.29) is 24.7 Å². The monoisotopic (exact) mass is 379 g/mol. The first kappa shape index (κ1) is 19.3. The summed E-state index contributed by atoms with van der Waals surface area (Å²) in [5.74, 6) is 1.23. The molecule has 1 amide bonds. The van der Waals surface area contributed by atoms with Crippen LogP contribution in [0.25, 0.3) is 11.5 Å². The second kappa shape index (κ2) is 9.45. The van der Waals surface area contributed by atoms with E-state index in [4.69, 9.17) is 9.15 Å². The Morgan fingerprint density at radius 3 is 2.64 bits per heavy atom. The van der Waals surface area contributed by atoms with Gasteiger partial charge < -0.3 is 14.5 Å². The molecule has 3 rings (SSSR count). The predicted molar refractivity (Wildman–Crippen MR) is 103 cm³/mol. The van der Waals surface area contributed by atoms with Crippen molar-refractivity contribution in [2.75, 3.05) is 7.11 Å². The van der Waals surface area contributed by atoms with Crippen LogP contribution in [0.15, 0.2) is 59.0 Å². The molecule has 7 heteroatoms. The number of benzene rings is 2. The molecule has 28 heavy (non-hydrogen) atoms. The van der Waals surface area contributed by atoms with Gasteiger partial charge in [-0.15, -0.1) is 10.2 Å². The molecule has 0 bridgehead atoms. The molecular formula is C21H21N3O4. The highest BCUT2D eigenvalue weighted by Gasteiger charge is 2.11. The van der Waals surface area contributed by atoms with E-state index < -0.39 is 0 Å². The number of methoxy groups -OCH3 is 1. The number of ether oxygens (including phenoxy) is 1. The quantitative estimate of drug-likeness (QED) is 0.573. The fourth-order valence-corrected chi connectivity index (χ4v) is 2.64. The minimum Gasteiger partial charge on any atom is -0.497 e. The van der Waals surface area contributed by atoms with Crippen LogP contribution in [0.2, 0.25) is 0 Å². The van der Waals surface area contributed by atoms with E-state index in [0.29, 0.717) is 35.9 Å². The van der Waals surface area contributed by atoms with E-state index >= 15 is 0 Å². The van der Waals surface area contributed by atoms with Gasteiger partial charge in [-0.1, -0.05) is 36.4 Å². The molecule has 0 spiro atoms. The van der Waals surface area contributed by atoms with Crippen LogP contribution in [-0.4, -0.2) is 29.0 Å². The molecule has 1 aromatic heterocycles. The van der Waals surface area contributed by atoms with Crippen molar-refractivity contribution >= 4 is 11.7 Å². The van der Waals surface area contributed by atoms with Crippen LogP contribution in [0.5, 0.6) is 5.75 Å². The highest BCUT2D eigenvalue weighted by atomic mass is 16.5. The molecule has 0 atom stereocenters. The zero-order chi connectivity index (χ0) is 19.8. The van der Waals surface area contributed by atoms with Gasteiger partial charge in [-0.3, -0.25) is 9.59 Å². The number of carbonyl (C=O) groups excluding carboxylic acids is 2. The highest BCUT2D eigenvalue weighted by molar-refractivity contribution is 5.96. The van der Waals surface area contributed by atoms with Crippen LogP contribution in [0.3, 0.4) is 0 Å². The van der Waals surface area contributed by atoms with Gasteiger partial charge in [0.05, 0.1) is 13.7 Å². The Bertz CT molecular complexity index is 938. The Hall–Kier alpha value is -3.48. The van der Waals surface area contributed by atoms with Gasteiger partial charge in [-0.25, -0.2) is 0 Å². The molecule has 0 saturated carbocycles. The lowest BCUT2D eigenvalue weighted by atomic mass is 10.1. The van der Waals surface area contributed by atoms with Crippen molar-refractivity contribution in [3.8, 4) is 17.2 Å². The van der Waals surface area contributed by atoms with E-state index in [1.165, 1.54) is 0 Å². The van der Waals surface area contributed by atoms with Crippen molar-refractivity contribution < 1.29 is 18.7 Å². The average Bonchev–Trinajstić information content (AvgIpc) is 3.22. The van der Waals surface area contributed by atoms with E-state index in [2.05, 4.69) is 15.5 Å². The Kier molecular flexibility index (Phi) is 6.51. The van der Waals surface area contributed by atoms with Crippen molar-refractivity contribution in [2.24, 2.45) is 0 Å². The Balaban J connectivity index is 1.43. The number of nitrogens with one attached hydrogen (secondary N) is 1. The summed E-state index contributed by atoms with van der Waals surface area (Å²) in [4.78, 5) is 24.0. The van der Waals surface area contributed by atoms with Crippen molar-refractivity contribution in [1.82, 2.24) is 15.5 Å². The summed E-state index contributed by atoms with van der Waals surface area (Å²) in [7, 11) is 1.58. The zero-order valence-corrected chi connectivity index (χ0v) is 15.6. The summed E-state index contributed by atoms with van der Waals surface area (Å²) in [6.45, 7) is 0.141. The van der Waals surface area contributed by atoms with Gasteiger partial charge in [0.15, 0.2) is 5.78 Å². The van der Waals surface area contributed by atoms with Gasteiger partial charge >= 0.3 is 0 Å². The summed E-state index contributed by atoms with van der Waals surface area (Å²) in [5.41, 5.74) is 1.41. The number of Topliss-reactive ketones (excluding diaryl/α,β-unsaturated/α-hetero) is 1. The van der Waals surface area contributed by atoms with Crippen LogP contribution in [0, 0.1) is 0 Å². The first-order valence-electron chi connectivity index (χ1n) is 8.97. The van der Waals surface area contributed by atoms with E-state index in [0.717, 1.165) is 5.56 Å². The second-order valence-corrected chi connectivity index (χ2v) is 6.15. The molecule has 2 aromatic carbocycles.